The van der Waals surface area contributed by atoms with Crippen molar-refractivity contribution in [3.05, 3.63) is 28.2 Å². The second kappa shape index (κ2) is 4.74. The Kier molecular flexibility index (Phi) is 2.83. The number of aryl methyl sites for hydroxylation is 1. The van der Waals surface area contributed by atoms with E-state index in [2.05, 4.69) is 15.3 Å². The van der Waals surface area contributed by atoms with Crippen LogP contribution >= 0.6 is 0 Å². The summed E-state index contributed by atoms with van der Waals surface area (Å²) in [6, 6.07) is 3.80. The Morgan fingerprint density at radius 1 is 1.04 bits per heavy atom. The van der Waals surface area contributed by atoms with Crippen molar-refractivity contribution >= 4 is 22.6 Å². The van der Waals surface area contributed by atoms with Crippen LogP contribution in [0.15, 0.2) is 16.9 Å². The number of amides is 1. The first-order valence-electron chi connectivity index (χ1n) is 9.05. The highest BCUT2D eigenvalue weighted by Gasteiger charge is 2.54. The lowest BCUT2D eigenvalue weighted by molar-refractivity contribution is -0.140. The van der Waals surface area contributed by atoms with Gasteiger partial charge in [0.05, 0.1) is 16.4 Å². The minimum absolute atomic E-state index is 0.151. The van der Waals surface area contributed by atoms with Crippen LogP contribution in [0.4, 0.5) is 5.69 Å². The van der Waals surface area contributed by atoms with Crippen LogP contribution < -0.4 is 11.0 Å². The molecule has 5 heteroatoms. The summed E-state index contributed by atoms with van der Waals surface area (Å²) in [5.41, 5.74) is 2.96. The third-order valence-corrected chi connectivity index (χ3v) is 6.63. The zero-order valence-electron chi connectivity index (χ0n) is 13.9. The number of imidazole rings is 1. The first kappa shape index (κ1) is 14.3. The van der Waals surface area contributed by atoms with E-state index in [-0.39, 0.29) is 17.0 Å². The molecule has 24 heavy (non-hydrogen) atoms. The molecule has 6 rings (SSSR count). The molecule has 1 aromatic heterocycles. The van der Waals surface area contributed by atoms with Gasteiger partial charge in [-0.15, -0.1) is 0 Å². The van der Waals surface area contributed by atoms with Crippen LogP contribution in [0.3, 0.4) is 0 Å². The Morgan fingerprint density at radius 2 is 1.58 bits per heavy atom. The molecule has 0 radical (unpaired) electrons. The number of anilines is 1. The van der Waals surface area contributed by atoms with Crippen molar-refractivity contribution in [1.29, 1.82) is 0 Å². The van der Waals surface area contributed by atoms with Gasteiger partial charge in [-0.3, -0.25) is 4.79 Å². The molecule has 4 saturated carbocycles. The molecule has 0 aliphatic heterocycles. The highest BCUT2D eigenvalue weighted by atomic mass is 16.2. The van der Waals surface area contributed by atoms with Crippen molar-refractivity contribution in [2.45, 2.75) is 45.4 Å². The number of H-pyrrole nitrogens is 2. The van der Waals surface area contributed by atoms with Gasteiger partial charge in [-0.1, -0.05) is 0 Å². The number of rotatable bonds is 2. The van der Waals surface area contributed by atoms with Gasteiger partial charge in [0.2, 0.25) is 5.91 Å². The number of hydrogen-bond acceptors (Lipinski definition) is 2. The van der Waals surface area contributed by atoms with Crippen molar-refractivity contribution in [3.8, 4) is 0 Å². The maximum absolute atomic E-state index is 13.2. The number of fused-ring (bicyclic) bond motifs is 1. The smallest absolute Gasteiger partial charge is 0.323 e. The third-order valence-electron chi connectivity index (χ3n) is 6.63. The summed E-state index contributed by atoms with van der Waals surface area (Å²) in [7, 11) is 0. The number of carbonyl (C=O) groups excluding carboxylic acids is 1. The van der Waals surface area contributed by atoms with E-state index in [0.29, 0.717) is 0 Å². The summed E-state index contributed by atoms with van der Waals surface area (Å²) >= 11 is 0. The molecule has 0 spiro atoms. The first-order chi connectivity index (χ1) is 11.5. The predicted octanol–water partition coefficient (Wildman–Crippen LogP) is 3.32. The minimum atomic E-state index is -0.214. The summed E-state index contributed by atoms with van der Waals surface area (Å²) in [5, 5.41) is 3.19. The van der Waals surface area contributed by atoms with E-state index in [1.54, 1.807) is 0 Å². The molecule has 4 bridgehead atoms. The predicted molar refractivity (Wildman–Crippen MR) is 92.9 cm³/mol. The molecule has 126 valence electrons. The van der Waals surface area contributed by atoms with E-state index in [9.17, 15) is 9.59 Å². The number of hydrogen-bond donors (Lipinski definition) is 3. The summed E-state index contributed by atoms with van der Waals surface area (Å²) in [6.45, 7) is 1.97. The highest BCUT2D eigenvalue weighted by Crippen LogP contribution is 2.60. The fraction of sp³-hybridized carbons (Fsp3) is 0.579. The second-order valence-electron chi connectivity index (χ2n) is 8.44. The Bertz CT molecular complexity index is 856. The van der Waals surface area contributed by atoms with Gasteiger partial charge in [0.15, 0.2) is 0 Å². The molecule has 3 N–H and O–H groups in total. The van der Waals surface area contributed by atoms with Gasteiger partial charge in [-0.2, -0.15) is 0 Å². The van der Waals surface area contributed by atoms with Crippen LogP contribution in [0.1, 0.15) is 44.1 Å². The van der Waals surface area contributed by atoms with Crippen LogP contribution in [0.2, 0.25) is 0 Å². The van der Waals surface area contributed by atoms with Gasteiger partial charge in [0, 0.05) is 5.69 Å². The number of nitrogens with one attached hydrogen (secondary N) is 3. The van der Waals surface area contributed by atoms with Gasteiger partial charge in [-0.25, -0.2) is 4.79 Å². The number of aromatic amines is 2. The molecule has 2 aromatic rings. The zero-order valence-corrected chi connectivity index (χ0v) is 13.9. The van der Waals surface area contributed by atoms with E-state index >= 15 is 0 Å². The molecule has 1 heterocycles. The van der Waals surface area contributed by atoms with Gasteiger partial charge in [-0.05, 0) is 80.9 Å². The lowest BCUT2D eigenvalue weighted by Gasteiger charge is -2.55. The van der Waals surface area contributed by atoms with Gasteiger partial charge in [0.1, 0.15) is 0 Å². The van der Waals surface area contributed by atoms with Crippen molar-refractivity contribution in [2.24, 2.45) is 23.2 Å². The van der Waals surface area contributed by atoms with Crippen LogP contribution in [0.5, 0.6) is 0 Å². The first-order valence-corrected chi connectivity index (χ1v) is 9.05. The lowest BCUT2D eigenvalue weighted by atomic mass is 9.49. The van der Waals surface area contributed by atoms with Crippen molar-refractivity contribution in [3.63, 3.8) is 0 Å². The van der Waals surface area contributed by atoms with Crippen molar-refractivity contribution < 1.29 is 4.79 Å². The summed E-state index contributed by atoms with van der Waals surface area (Å²) in [4.78, 5) is 30.2. The van der Waals surface area contributed by atoms with Crippen LogP contribution in [0, 0.1) is 30.1 Å². The normalized spacial score (nSPS) is 34.0. The van der Waals surface area contributed by atoms with E-state index in [1.807, 2.05) is 19.1 Å². The Balaban J connectivity index is 1.46. The fourth-order valence-electron chi connectivity index (χ4n) is 5.97. The molecule has 1 amide bonds. The average Bonchev–Trinajstić information content (AvgIpc) is 2.85. The van der Waals surface area contributed by atoms with E-state index in [1.165, 1.54) is 19.3 Å². The molecule has 0 unspecified atom stereocenters. The SMILES string of the molecule is Cc1cc2[nH]c(=O)[nH]c2cc1NC(=O)C12CC3CC(CC(C3)C1)C2. The highest BCUT2D eigenvalue weighted by molar-refractivity contribution is 5.98. The maximum Gasteiger partial charge on any atom is 0.323 e. The van der Waals surface area contributed by atoms with Gasteiger partial charge in [0.25, 0.3) is 0 Å². The summed E-state index contributed by atoms with van der Waals surface area (Å²) in [6.07, 6.45) is 7.19. The summed E-state index contributed by atoms with van der Waals surface area (Å²) < 4.78 is 0. The van der Waals surface area contributed by atoms with Crippen LogP contribution in [0.25, 0.3) is 11.0 Å². The average molecular weight is 325 g/mol. The van der Waals surface area contributed by atoms with E-state index < -0.39 is 0 Å². The maximum atomic E-state index is 13.2. The molecule has 1 aromatic carbocycles. The molecule has 4 fully saturated rings. The standard InChI is InChI=1S/C19H23N3O2/c1-10-2-15-16(22-18(24)21-15)6-14(10)20-17(23)19-7-11-3-12(8-19)5-13(4-11)9-19/h2,6,11-13H,3-5,7-9H2,1H3,(H,20,23)(H2,21,22,24). The topological polar surface area (TPSA) is 77.8 Å². The molecular weight excluding hydrogens is 302 g/mol. The molecule has 0 saturated heterocycles. The summed E-state index contributed by atoms with van der Waals surface area (Å²) in [5.74, 6) is 2.46. The lowest BCUT2D eigenvalue weighted by Crippen LogP contribution is -2.51. The van der Waals surface area contributed by atoms with E-state index in [4.69, 9.17) is 0 Å². The third kappa shape index (κ3) is 2.06. The Hall–Kier alpha value is -2.04. The largest absolute Gasteiger partial charge is 0.325 e. The molecule has 4 aliphatic carbocycles. The number of aromatic nitrogens is 2. The van der Waals surface area contributed by atoms with Crippen LogP contribution in [-0.2, 0) is 4.79 Å². The monoisotopic (exact) mass is 325 g/mol. The Morgan fingerprint density at radius 3 is 2.17 bits per heavy atom. The number of benzene rings is 1. The van der Waals surface area contributed by atoms with Crippen molar-refractivity contribution in [1.82, 2.24) is 9.97 Å². The Labute approximate surface area is 140 Å². The number of carbonyl (C=O) groups is 1. The molecule has 4 aliphatic rings. The van der Waals surface area contributed by atoms with E-state index in [0.717, 1.165) is 59.3 Å². The fourth-order valence-corrected chi connectivity index (χ4v) is 5.97. The van der Waals surface area contributed by atoms with Crippen molar-refractivity contribution in [2.75, 3.05) is 5.32 Å². The quantitative estimate of drug-likeness (QED) is 0.792. The second-order valence-corrected chi connectivity index (χ2v) is 8.44. The molecule has 5 nitrogen and oxygen atoms in total. The molecular formula is C19H23N3O2. The van der Waals surface area contributed by atoms with Gasteiger partial charge >= 0.3 is 5.69 Å². The zero-order chi connectivity index (χ0) is 16.5. The van der Waals surface area contributed by atoms with Crippen LogP contribution in [-0.4, -0.2) is 15.9 Å². The minimum Gasteiger partial charge on any atom is -0.325 e. The van der Waals surface area contributed by atoms with Gasteiger partial charge < -0.3 is 15.3 Å². The molecule has 0 atom stereocenters.